The molecule has 0 unspecified atom stereocenters. The number of carbonyl (C=O) groups excluding carboxylic acids is 1. The van der Waals surface area contributed by atoms with Gasteiger partial charge in [0.25, 0.3) is 0 Å². The molecule has 0 bridgehead atoms. The second kappa shape index (κ2) is 11.5. The smallest absolute Gasteiger partial charge is 0.462 e. The molecular formula is C27H29F3N4O3. The summed E-state index contributed by atoms with van der Waals surface area (Å²) in [7, 11) is 0. The van der Waals surface area contributed by atoms with Gasteiger partial charge < -0.3 is 15.2 Å². The van der Waals surface area contributed by atoms with Crippen molar-refractivity contribution in [3.63, 3.8) is 0 Å². The van der Waals surface area contributed by atoms with Gasteiger partial charge in [0.1, 0.15) is 22.6 Å². The molecule has 0 aliphatic rings. The predicted octanol–water partition coefficient (Wildman–Crippen LogP) is 6.96. The van der Waals surface area contributed by atoms with Gasteiger partial charge in [0.05, 0.1) is 17.6 Å². The fraction of sp³-hybridized carbons (Fsp3) is 0.370. The van der Waals surface area contributed by atoms with E-state index in [2.05, 4.69) is 21.6 Å². The number of esters is 1. The third-order valence-corrected chi connectivity index (χ3v) is 6.01. The first kappa shape index (κ1) is 26.2. The van der Waals surface area contributed by atoms with E-state index >= 15 is 0 Å². The minimum atomic E-state index is -4.81. The number of unbranched alkanes of at least 4 members (excludes halogenated alkanes) is 6. The molecule has 0 radical (unpaired) electrons. The highest BCUT2D eigenvalue weighted by Crippen LogP contribution is 2.32. The Hall–Kier alpha value is -3.82. The number of nitrogens with zero attached hydrogens (tertiary/aromatic N) is 3. The van der Waals surface area contributed by atoms with Crippen LogP contribution >= 0.6 is 0 Å². The predicted molar refractivity (Wildman–Crippen MR) is 136 cm³/mol. The SMILES string of the molecule is CCCCCCCCCOC(=O)c1c(N)n(-c2ccc(OC(F)(F)F)cc2)c2nc3ccccc3nc12. The van der Waals surface area contributed by atoms with Crippen molar-refractivity contribution in [1.29, 1.82) is 0 Å². The number of para-hydroxylation sites is 2. The van der Waals surface area contributed by atoms with E-state index in [9.17, 15) is 18.0 Å². The minimum absolute atomic E-state index is 0.0411. The number of nitrogen functional groups attached to an aromatic ring is 1. The van der Waals surface area contributed by atoms with Gasteiger partial charge in [0.2, 0.25) is 0 Å². The summed E-state index contributed by atoms with van der Waals surface area (Å²) in [5, 5.41) is 0. The van der Waals surface area contributed by atoms with Crippen molar-refractivity contribution < 1.29 is 27.4 Å². The van der Waals surface area contributed by atoms with E-state index in [0.29, 0.717) is 22.4 Å². The minimum Gasteiger partial charge on any atom is -0.462 e. The Bertz CT molecular complexity index is 1370. The van der Waals surface area contributed by atoms with Gasteiger partial charge in [-0.05, 0) is 42.8 Å². The third kappa shape index (κ3) is 6.31. The Labute approximate surface area is 212 Å². The highest BCUT2D eigenvalue weighted by molar-refractivity contribution is 6.09. The molecule has 0 saturated heterocycles. The summed E-state index contributed by atoms with van der Waals surface area (Å²) in [6, 6.07) is 12.3. The van der Waals surface area contributed by atoms with Crippen LogP contribution in [-0.2, 0) is 4.74 Å². The van der Waals surface area contributed by atoms with Gasteiger partial charge in [-0.25, -0.2) is 14.8 Å². The van der Waals surface area contributed by atoms with E-state index in [0.717, 1.165) is 25.7 Å². The molecule has 2 aromatic heterocycles. The number of fused-ring (bicyclic) bond motifs is 2. The van der Waals surface area contributed by atoms with E-state index in [4.69, 9.17) is 10.5 Å². The van der Waals surface area contributed by atoms with Crippen molar-refractivity contribution in [2.45, 2.75) is 58.2 Å². The van der Waals surface area contributed by atoms with Crippen LogP contribution in [0.15, 0.2) is 48.5 Å². The summed E-state index contributed by atoms with van der Waals surface area (Å²) in [5.74, 6) is -0.953. The van der Waals surface area contributed by atoms with Gasteiger partial charge in [0.15, 0.2) is 5.65 Å². The Kier molecular flexibility index (Phi) is 8.15. The normalized spacial score (nSPS) is 11.8. The Morgan fingerprint density at radius 1 is 0.919 bits per heavy atom. The van der Waals surface area contributed by atoms with Gasteiger partial charge in [-0.1, -0.05) is 57.6 Å². The number of benzene rings is 2. The highest BCUT2D eigenvalue weighted by Gasteiger charge is 2.31. The van der Waals surface area contributed by atoms with Crippen molar-refractivity contribution in [2.75, 3.05) is 12.3 Å². The van der Waals surface area contributed by atoms with Gasteiger partial charge in [-0.2, -0.15) is 0 Å². The van der Waals surface area contributed by atoms with Gasteiger partial charge in [-0.3, -0.25) is 4.57 Å². The Balaban J connectivity index is 1.62. The summed E-state index contributed by atoms with van der Waals surface area (Å²) >= 11 is 0. The molecule has 0 saturated carbocycles. The summed E-state index contributed by atoms with van der Waals surface area (Å²) in [4.78, 5) is 22.4. The van der Waals surface area contributed by atoms with E-state index in [1.807, 2.05) is 0 Å². The fourth-order valence-corrected chi connectivity index (χ4v) is 4.22. The number of alkyl halides is 3. The van der Waals surface area contributed by atoms with Crippen LogP contribution in [0.3, 0.4) is 0 Å². The average Bonchev–Trinajstić information content (AvgIpc) is 3.14. The number of ether oxygens (including phenoxy) is 2. The first-order chi connectivity index (χ1) is 17.8. The average molecular weight is 515 g/mol. The second-order valence-electron chi connectivity index (χ2n) is 8.78. The molecule has 7 nitrogen and oxygen atoms in total. The zero-order chi connectivity index (χ0) is 26.4. The summed E-state index contributed by atoms with van der Waals surface area (Å²) in [6.45, 7) is 2.43. The topological polar surface area (TPSA) is 92.3 Å². The number of rotatable bonds is 11. The maximum absolute atomic E-state index is 13.1. The lowest BCUT2D eigenvalue weighted by molar-refractivity contribution is -0.274. The monoisotopic (exact) mass is 514 g/mol. The van der Waals surface area contributed by atoms with Crippen LogP contribution < -0.4 is 10.5 Å². The number of hydrogen-bond acceptors (Lipinski definition) is 6. The lowest BCUT2D eigenvalue weighted by Gasteiger charge is -2.11. The van der Waals surface area contributed by atoms with Crippen molar-refractivity contribution >= 4 is 34.0 Å². The molecule has 4 rings (SSSR count). The van der Waals surface area contributed by atoms with Gasteiger partial charge in [-0.15, -0.1) is 13.2 Å². The number of anilines is 1. The first-order valence-corrected chi connectivity index (χ1v) is 12.4. The highest BCUT2D eigenvalue weighted by atomic mass is 19.4. The van der Waals surface area contributed by atoms with E-state index < -0.39 is 12.3 Å². The second-order valence-corrected chi connectivity index (χ2v) is 8.78. The molecule has 10 heteroatoms. The zero-order valence-electron chi connectivity index (χ0n) is 20.6. The third-order valence-electron chi connectivity index (χ3n) is 6.01. The van der Waals surface area contributed by atoms with Gasteiger partial charge >= 0.3 is 12.3 Å². The van der Waals surface area contributed by atoms with Crippen LogP contribution in [0, 0.1) is 0 Å². The van der Waals surface area contributed by atoms with E-state index in [1.165, 1.54) is 48.1 Å². The molecule has 0 amide bonds. The standard InChI is InChI=1S/C27H29F3N4O3/c1-2-3-4-5-6-7-10-17-36-26(35)22-23-25(33-21-12-9-8-11-20(21)32-23)34(24(22)31)18-13-15-19(16-14-18)37-27(28,29)30/h8-9,11-16H,2-7,10,17,31H2,1H3. The largest absolute Gasteiger partial charge is 0.573 e. The summed E-state index contributed by atoms with van der Waals surface area (Å²) in [6.07, 6.45) is 2.78. The maximum Gasteiger partial charge on any atom is 0.573 e. The fourth-order valence-electron chi connectivity index (χ4n) is 4.22. The zero-order valence-corrected chi connectivity index (χ0v) is 20.6. The molecule has 0 aliphatic heterocycles. The molecule has 0 aliphatic carbocycles. The Morgan fingerprint density at radius 2 is 1.54 bits per heavy atom. The number of carbonyl (C=O) groups is 1. The molecule has 2 heterocycles. The van der Waals surface area contributed by atoms with Crippen LogP contribution in [-0.4, -0.2) is 33.5 Å². The molecule has 0 fully saturated rings. The number of halogens is 3. The number of nitrogens with two attached hydrogens (primary N) is 1. The molecule has 37 heavy (non-hydrogen) atoms. The van der Waals surface area contributed by atoms with E-state index in [-0.39, 0.29) is 29.3 Å². The molecule has 0 spiro atoms. The van der Waals surface area contributed by atoms with Crippen LogP contribution in [0.2, 0.25) is 0 Å². The lowest BCUT2D eigenvalue weighted by Crippen LogP contribution is -2.17. The van der Waals surface area contributed by atoms with Crippen molar-refractivity contribution in [3.8, 4) is 11.4 Å². The van der Waals surface area contributed by atoms with E-state index in [1.54, 1.807) is 24.3 Å². The van der Waals surface area contributed by atoms with Crippen molar-refractivity contribution in [1.82, 2.24) is 14.5 Å². The molecule has 4 aromatic rings. The van der Waals surface area contributed by atoms with Crippen molar-refractivity contribution in [3.05, 3.63) is 54.1 Å². The number of aromatic nitrogens is 3. The van der Waals surface area contributed by atoms with Crippen LogP contribution in [0.4, 0.5) is 19.0 Å². The molecule has 2 N–H and O–H groups in total. The number of hydrogen-bond donors (Lipinski definition) is 1. The Morgan fingerprint density at radius 3 is 2.19 bits per heavy atom. The van der Waals surface area contributed by atoms with Crippen LogP contribution in [0.5, 0.6) is 5.75 Å². The van der Waals surface area contributed by atoms with Gasteiger partial charge in [0, 0.05) is 5.69 Å². The lowest BCUT2D eigenvalue weighted by atomic mass is 10.1. The van der Waals surface area contributed by atoms with Crippen molar-refractivity contribution in [2.24, 2.45) is 0 Å². The van der Waals surface area contributed by atoms with Crippen LogP contribution in [0.25, 0.3) is 27.9 Å². The summed E-state index contributed by atoms with van der Waals surface area (Å²) in [5.41, 5.74) is 8.60. The molecule has 0 atom stereocenters. The maximum atomic E-state index is 13.1. The first-order valence-electron chi connectivity index (χ1n) is 12.4. The quantitative estimate of drug-likeness (QED) is 0.172. The molecular weight excluding hydrogens is 485 g/mol. The van der Waals surface area contributed by atoms with Crippen LogP contribution in [0.1, 0.15) is 62.2 Å². The summed E-state index contributed by atoms with van der Waals surface area (Å²) < 4.78 is 48.7. The molecule has 2 aromatic carbocycles. The molecule has 196 valence electrons.